The number of esters is 1. The Bertz CT molecular complexity index is 506. The average Bonchev–Trinajstić information content (AvgIpc) is 2.60. The molecule has 0 amide bonds. The summed E-state index contributed by atoms with van der Waals surface area (Å²) in [5.74, 6) is -0.487. The molecule has 0 atom stereocenters. The van der Waals surface area contributed by atoms with Gasteiger partial charge < -0.3 is 9.26 Å². The van der Waals surface area contributed by atoms with Crippen molar-refractivity contribution in [2.45, 2.75) is 6.92 Å². The standard InChI is InChI=1S/C10H8ClNO3/c1-2-14-10(13)9-7-4-3-6(11)5-8(7)15-12-9/h3-5H,2H2,1H3. The molecule has 2 aromatic rings. The number of aromatic nitrogens is 1. The Morgan fingerprint density at radius 1 is 1.60 bits per heavy atom. The van der Waals surface area contributed by atoms with Gasteiger partial charge in [-0.1, -0.05) is 16.8 Å². The van der Waals surface area contributed by atoms with Crippen molar-refractivity contribution in [3.8, 4) is 0 Å². The minimum absolute atomic E-state index is 0.184. The first-order valence-corrected chi connectivity index (χ1v) is 4.82. The molecular weight excluding hydrogens is 218 g/mol. The molecule has 5 heteroatoms. The average molecular weight is 226 g/mol. The van der Waals surface area contributed by atoms with E-state index in [9.17, 15) is 4.79 Å². The second kappa shape index (κ2) is 3.90. The van der Waals surface area contributed by atoms with Crippen LogP contribution in [-0.4, -0.2) is 17.7 Å². The lowest BCUT2D eigenvalue weighted by molar-refractivity contribution is 0.0517. The van der Waals surface area contributed by atoms with Crippen molar-refractivity contribution >= 4 is 28.5 Å². The summed E-state index contributed by atoms with van der Waals surface area (Å²) in [4.78, 5) is 11.4. The van der Waals surface area contributed by atoms with Crippen LogP contribution in [0.5, 0.6) is 0 Å². The van der Waals surface area contributed by atoms with Crippen molar-refractivity contribution in [2.75, 3.05) is 6.61 Å². The van der Waals surface area contributed by atoms with Gasteiger partial charge in [0.1, 0.15) is 0 Å². The SMILES string of the molecule is CCOC(=O)c1noc2cc(Cl)ccc12. The fourth-order valence-corrected chi connectivity index (χ4v) is 1.42. The van der Waals surface area contributed by atoms with E-state index >= 15 is 0 Å². The van der Waals surface area contributed by atoms with Gasteiger partial charge in [-0.15, -0.1) is 0 Å². The zero-order valence-corrected chi connectivity index (χ0v) is 8.75. The summed E-state index contributed by atoms with van der Waals surface area (Å²) in [6.07, 6.45) is 0. The molecule has 0 aliphatic carbocycles. The smallest absolute Gasteiger partial charge is 0.361 e. The zero-order chi connectivity index (χ0) is 10.8. The lowest BCUT2D eigenvalue weighted by Gasteiger charge is -1.96. The van der Waals surface area contributed by atoms with Crippen LogP contribution in [0.15, 0.2) is 22.7 Å². The summed E-state index contributed by atoms with van der Waals surface area (Å²) in [5.41, 5.74) is 0.661. The minimum Gasteiger partial charge on any atom is -0.461 e. The summed E-state index contributed by atoms with van der Waals surface area (Å²) in [6.45, 7) is 2.04. The monoisotopic (exact) mass is 225 g/mol. The molecule has 0 fully saturated rings. The Balaban J connectivity index is 2.49. The summed E-state index contributed by atoms with van der Waals surface area (Å²) in [7, 11) is 0. The van der Waals surface area contributed by atoms with Gasteiger partial charge in [0, 0.05) is 11.1 Å². The predicted octanol–water partition coefficient (Wildman–Crippen LogP) is 2.66. The Morgan fingerprint density at radius 2 is 2.40 bits per heavy atom. The van der Waals surface area contributed by atoms with Crippen LogP contribution in [0.1, 0.15) is 17.4 Å². The third-order valence-electron chi connectivity index (χ3n) is 1.90. The highest BCUT2D eigenvalue weighted by Crippen LogP contribution is 2.22. The molecule has 15 heavy (non-hydrogen) atoms. The van der Waals surface area contributed by atoms with Gasteiger partial charge in [-0.3, -0.25) is 0 Å². The molecule has 0 aliphatic heterocycles. The molecule has 0 bridgehead atoms. The number of ether oxygens (including phenoxy) is 1. The molecule has 1 aromatic heterocycles. The maximum absolute atomic E-state index is 11.4. The molecule has 0 spiro atoms. The molecular formula is C10H8ClNO3. The van der Waals surface area contributed by atoms with Gasteiger partial charge in [0.05, 0.1) is 12.0 Å². The molecule has 1 aromatic carbocycles. The molecule has 4 nitrogen and oxygen atoms in total. The Labute approximate surface area is 90.8 Å². The van der Waals surface area contributed by atoms with Gasteiger partial charge in [-0.2, -0.15) is 0 Å². The summed E-state index contributed by atoms with van der Waals surface area (Å²) < 4.78 is 9.79. The Morgan fingerprint density at radius 3 is 3.13 bits per heavy atom. The number of hydrogen-bond acceptors (Lipinski definition) is 4. The lowest BCUT2D eigenvalue weighted by atomic mass is 10.2. The number of rotatable bonds is 2. The van der Waals surface area contributed by atoms with Crippen LogP contribution in [0.2, 0.25) is 5.02 Å². The van der Waals surface area contributed by atoms with Gasteiger partial charge in [0.15, 0.2) is 11.3 Å². The number of fused-ring (bicyclic) bond motifs is 1. The minimum atomic E-state index is -0.487. The van der Waals surface area contributed by atoms with Crippen LogP contribution in [0.3, 0.4) is 0 Å². The molecule has 0 saturated heterocycles. The molecule has 0 N–H and O–H groups in total. The predicted molar refractivity (Wildman–Crippen MR) is 55.0 cm³/mol. The molecule has 0 radical (unpaired) electrons. The fraction of sp³-hybridized carbons (Fsp3) is 0.200. The first kappa shape index (κ1) is 9.98. The summed E-state index contributed by atoms with van der Waals surface area (Å²) >= 11 is 5.76. The maximum atomic E-state index is 11.4. The van der Waals surface area contributed by atoms with Gasteiger partial charge in [0.2, 0.25) is 0 Å². The van der Waals surface area contributed by atoms with Gasteiger partial charge in [-0.25, -0.2) is 4.79 Å². The van der Waals surface area contributed by atoms with Crippen molar-refractivity contribution in [3.63, 3.8) is 0 Å². The topological polar surface area (TPSA) is 52.3 Å². The van der Waals surface area contributed by atoms with Gasteiger partial charge in [-0.05, 0) is 19.1 Å². The lowest BCUT2D eigenvalue weighted by Crippen LogP contribution is -2.05. The van der Waals surface area contributed by atoms with E-state index in [0.29, 0.717) is 22.6 Å². The van der Waals surface area contributed by atoms with Crippen molar-refractivity contribution in [1.29, 1.82) is 0 Å². The van der Waals surface area contributed by atoms with E-state index in [1.54, 1.807) is 25.1 Å². The molecule has 0 saturated carbocycles. The molecule has 0 unspecified atom stereocenters. The van der Waals surface area contributed by atoms with Crippen LogP contribution in [0, 0.1) is 0 Å². The Kier molecular flexibility index (Phi) is 2.60. The quantitative estimate of drug-likeness (QED) is 0.738. The van der Waals surface area contributed by atoms with Crippen molar-refractivity contribution in [3.05, 3.63) is 28.9 Å². The van der Waals surface area contributed by atoms with Crippen LogP contribution in [-0.2, 0) is 4.74 Å². The van der Waals surface area contributed by atoms with E-state index in [1.165, 1.54) is 0 Å². The molecule has 1 heterocycles. The first-order valence-electron chi connectivity index (χ1n) is 4.44. The largest absolute Gasteiger partial charge is 0.461 e. The highest BCUT2D eigenvalue weighted by Gasteiger charge is 2.16. The summed E-state index contributed by atoms with van der Waals surface area (Å²) in [5, 5.41) is 4.79. The number of carbonyl (C=O) groups is 1. The van der Waals surface area contributed by atoms with Crippen LogP contribution in [0.25, 0.3) is 11.0 Å². The highest BCUT2D eigenvalue weighted by molar-refractivity contribution is 6.31. The molecule has 2 rings (SSSR count). The van der Waals surface area contributed by atoms with E-state index in [4.69, 9.17) is 20.9 Å². The molecule has 78 valence electrons. The number of carbonyl (C=O) groups excluding carboxylic acids is 1. The normalized spacial score (nSPS) is 10.5. The number of hydrogen-bond donors (Lipinski definition) is 0. The van der Waals surface area contributed by atoms with Gasteiger partial charge >= 0.3 is 5.97 Å². The Hall–Kier alpha value is -1.55. The van der Waals surface area contributed by atoms with Crippen LogP contribution in [0.4, 0.5) is 0 Å². The van der Waals surface area contributed by atoms with Crippen molar-refractivity contribution < 1.29 is 14.1 Å². The van der Waals surface area contributed by atoms with E-state index < -0.39 is 5.97 Å². The summed E-state index contributed by atoms with van der Waals surface area (Å²) in [6, 6.07) is 4.96. The van der Waals surface area contributed by atoms with E-state index in [-0.39, 0.29) is 5.69 Å². The maximum Gasteiger partial charge on any atom is 0.361 e. The highest BCUT2D eigenvalue weighted by atomic mass is 35.5. The van der Waals surface area contributed by atoms with Crippen molar-refractivity contribution in [2.24, 2.45) is 0 Å². The van der Waals surface area contributed by atoms with Crippen LogP contribution >= 0.6 is 11.6 Å². The third kappa shape index (κ3) is 1.80. The molecule has 0 aliphatic rings. The number of benzene rings is 1. The second-order valence-electron chi connectivity index (χ2n) is 2.89. The van der Waals surface area contributed by atoms with E-state index in [1.807, 2.05) is 0 Å². The van der Waals surface area contributed by atoms with Crippen molar-refractivity contribution in [1.82, 2.24) is 5.16 Å². The third-order valence-corrected chi connectivity index (χ3v) is 2.14. The second-order valence-corrected chi connectivity index (χ2v) is 3.33. The van der Waals surface area contributed by atoms with E-state index in [2.05, 4.69) is 5.16 Å². The number of halogens is 1. The first-order chi connectivity index (χ1) is 7.22. The van der Waals surface area contributed by atoms with Gasteiger partial charge in [0.25, 0.3) is 0 Å². The fourth-order valence-electron chi connectivity index (χ4n) is 1.26. The zero-order valence-electron chi connectivity index (χ0n) is 7.99. The number of nitrogens with zero attached hydrogens (tertiary/aromatic N) is 1. The van der Waals surface area contributed by atoms with E-state index in [0.717, 1.165) is 0 Å². The van der Waals surface area contributed by atoms with Crippen LogP contribution < -0.4 is 0 Å².